The summed E-state index contributed by atoms with van der Waals surface area (Å²) in [5.41, 5.74) is 16.1. The molecule has 0 fully saturated rings. The number of nitrogens with zero attached hydrogens (tertiary/aromatic N) is 2. The average molecular weight is 873 g/mol. The smallest absolute Gasteiger partial charge is 0.260 e. The Morgan fingerprint density at radius 1 is 0.403 bits per heavy atom. The van der Waals surface area contributed by atoms with E-state index in [0.29, 0.717) is 0 Å². The molecule has 0 unspecified atom stereocenters. The molecule has 0 saturated heterocycles. The van der Waals surface area contributed by atoms with Gasteiger partial charge in [0.2, 0.25) is 0 Å². The number of ether oxygens (including phenoxy) is 2. The highest BCUT2D eigenvalue weighted by Crippen LogP contribution is 2.47. The van der Waals surface area contributed by atoms with Crippen molar-refractivity contribution in [3.05, 3.63) is 212 Å². The van der Waals surface area contributed by atoms with Gasteiger partial charge < -0.3 is 18.6 Å². The fraction of sp³-hybridized carbons (Fsp3) is 0.0164. The zero-order valence-corrected chi connectivity index (χ0v) is 37.1. The van der Waals surface area contributed by atoms with E-state index < -0.39 is 0 Å². The molecule has 3 aromatic heterocycles. The van der Waals surface area contributed by atoms with Gasteiger partial charge in [-0.3, -0.25) is 0 Å². The van der Waals surface area contributed by atoms with Gasteiger partial charge in [0.05, 0.1) is 32.5 Å². The maximum Gasteiger partial charge on any atom is 0.260 e. The number of hydrogen-bond donors (Lipinski definition) is 0. The molecule has 0 aliphatic carbocycles. The monoisotopic (exact) mass is 872 g/mol. The minimum atomic E-state index is -0.0995. The van der Waals surface area contributed by atoms with Crippen LogP contribution in [0.15, 0.2) is 206 Å². The molecule has 0 amide bonds. The average Bonchev–Trinajstić information content (AvgIpc) is 4.04. The van der Waals surface area contributed by atoms with E-state index in [1.807, 2.05) is 11.3 Å². The molecular formula is C61H37BN2O2S. The molecule has 0 bridgehead atoms. The number of fused-ring (bicyclic) bond motifs is 14. The van der Waals surface area contributed by atoms with E-state index in [1.54, 1.807) is 0 Å². The van der Waals surface area contributed by atoms with Crippen LogP contribution in [0.2, 0.25) is 0 Å². The molecule has 2 aliphatic heterocycles. The standard InChI is InChI=1S/C61H37BN2O2S/c1-36-30-47-45-20-10-13-23-52(45)64(60(47)61-58(36)46-27-24-40(32-57(46)67-61)38-16-6-3-7-17-38)41-26-29-49-54(33-41)66-56-35-42(63-50-21-11-8-18-43(50)44-19-9-12-22-51(44)63)34-55-59(56)62(49)48-28-25-39(31-53(48)65-55)37-14-4-2-5-15-37/h2-35H,1H3. The first kappa shape index (κ1) is 37.0. The Kier molecular flexibility index (Phi) is 7.64. The maximum atomic E-state index is 7.26. The van der Waals surface area contributed by atoms with Gasteiger partial charge in [-0.1, -0.05) is 146 Å². The summed E-state index contributed by atoms with van der Waals surface area (Å²) in [6.07, 6.45) is 0. The van der Waals surface area contributed by atoms with Crippen molar-refractivity contribution in [1.82, 2.24) is 9.13 Å². The largest absolute Gasteiger partial charge is 0.458 e. The van der Waals surface area contributed by atoms with Crippen molar-refractivity contribution in [2.45, 2.75) is 6.92 Å². The van der Waals surface area contributed by atoms with Crippen LogP contribution in [-0.4, -0.2) is 15.8 Å². The molecule has 10 aromatic carbocycles. The number of aryl methyl sites for hydroxylation is 1. The van der Waals surface area contributed by atoms with Gasteiger partial charge in [0.15, 0.2) is 0 Å². The molecule has 13 aromatic rings. The van der Waals surface area contributed by atoms with E-state index in [2.05, 4.69) is 222 Å². The van der Waals surface area contributed by atoms with Crippen LogP contribution in [0.4, 0.5) is 0 Å². The quantitative estimate of drug-likeness (QED) is 0.165. The highest BCUT2D eigenvalue weighted by atomic mass is 32.1. The topological polar surface area (TPSA) is 28.3 Å². The first-order valence-corrected chi connectivity index (χ1v) is 23.7. The second kappa shape index (κ2) is 13.8. The predicted molar refractivity (Wildman–Crippen MR) is 281 cm³/mol. The van der Waals surface area contributed by atoms with Gasteiger partial charge in [0, 0.05) is 66.4 Å². The van der Waals surface area contributed by atoms with Crippen LogP contribution in [0.3, 0.4) is 0 Å². The van der Waals surface area contributed by atoms with Crippen molar-refractivity contribution in [3.8, 4) is 56.6 Å². The van der Waals surface area contributed by atoms with Gasteiger partial charge in [-0.15, -0.1) is 11.3 Å². The Morgan fingerprint density at radius 2 is 0.925 bits per heavy atom. The summed E-state index contributed by atoms with van der Waals surface area (Å²) in [4.78, 5) is 0. The molecule has 15 rings (SSSR count). The SMILES string of the molecule is Cc1cc2c3ccccc3n(-c3ccc4c(c3)Oc3cc(-n5c6ccccc6c6ccccc65)cc5c3B4c3ccc(-c4ccccc4)cc3O5)c2c2sc3cc(-c4ccccc4)ccc3c12. The van der Waals surface area contributed by atoms with Crippen LogP contribution in [-0.2, 0) is 0 Å². The molecule has 0 saturated carbocycles. The van der Waals surface area contributed by atoms with E-state index in [4.69, 9.17) is 9.47 Å². The van der Waals surface area contributed by atoms with Gasteiger partial charge in [0.25, 0.3) is 6.71 Å². The normalized spacial score (nSPS) is 12.8. The summed E-state index contributed by atoms with van der Waals surface area (Å²) in [7, 11) is 0. The Labute approximate surface area is 390 Å². The van der Waals surface area contributed by atoms with E-state index in [1.165, 1.54) is 69.4 Å². The van der Waals surface area contributed by atoms with Crippen molar-refractivity contribution in [3.63, 3.8) is 0 Å². The predicted octanol–water partition coefficient (Wildman–Crippen LogP) is 14.6. The van der Waals surface area contributed by atoms with Crippen LogP contribution >= 0.6 is 11.3 Å². The van der Waals surface area contributed by atoms with Crippen molar-refractivity contribution >= 4 is 98.2 Å². The van der Waals surface area contributed by atoms with Crippen molar-refractivity contribution < 1.29 is 9.47 Å². The van der Waals surface area contributed by atoms with E-state index in [9.17, 15) is 0 Å². The molecule has 0 N–H and O–H groups in total. The lowest BCUT2D eigenvalue weighted by Crippen LogP contribution is -2.57. The van der Waals surface area contributed by atoms with E-state index in [0.717, 1.165) is 72.9 Å². The molecule has 2 aliphatic rings. The zero-order chi connectivity index (χ0) is 43.9. The van der Waals surface area contributed by atoms with Gasteiger partial charge in [-0.05, 0) is 88.1 Å². The summed E-state index contributed by atoms with van der Waals surface area (Å²) in [5, 5.41) is 7.53. The molecule has 0 atom stereocenters. The summed E-state index contributed by atoms with van der Waals surface area (Å²) in [5.74, 6) is 3.33. The number of aromatic nitrogens is 2. The Hall–Kier alpha value is -8.32. The van der Waals surface area contributed by atoms with E-state index in [-0.39, 0.29) is 6.71 Å². The van der Waals surface area contributed by atoms with Crippen LogP contribution in [0, 0.1) is 6.92 Å². The van der Waals surface area contributed by atoms with Crippen molar-refractivity contribution in [2.24, 2.45) is 0 Å². The Morgan fingerprint density at radius 3 is 1.58 bits per heavy atom. The van der Waals surface area contributed by atoms with Crippen molar-refractivity contribution in [2.75, 3.05) is 0 Å². The van der Waals surface area contributed by atoms with Gasteiger partial charge in [0.1, 0.15) is 23.0 Å². The maximum absolute atomic E-state index is 7.26. The lowest BCUT2D eigenvalue weighted by molar-refractivity contribution is 0.464. The third-order valence-corrected chi connectivity index (χ3v) is 15.5. The second-order valence-electron chi connectivity index (χ2n) is 18.0. The minimum Gasteiger partial charge on any atom is -0.458 e. The highest BCUT2D eigenvalue weighted by molar-refractivity contribution is 7.26. The molecule has 0 radical (unpaired) electrons. The summed E-state index contributed by atoms with van der Waals surface area (Å²) < 4.78 is 21.7. The van der Waals surface area contributed by atoms with Crippen LogP contribution in [0.25, 0.3) is 97.4 Å². The fourth-order valence-electron chi connectivity index (χ4n) is 11.4. The minimum absolute atomic E-state index is 0.0995. The number of para-hydroxylation sites is 3. The molecular weight excluding hydrogens is 836 g/mol. The summed E-state index contributed by atoms with van der Waals surface area (Å²) in [6.45, 7) is 2.17. The molecule has 6 heteroatoms. The second-order valence-corrected chi connectivity index (χ2v) is 19.1. The Bertz CT molecular complexity index is 4190. The summed E-state index contributed by atoms with van der Waals surface area (Å²) in [6, 6.07) is 74.8. The lowest BCUT2D eigenvalue weighted by Gasteiger charge is -2.34. The van der Waals surface area contributed by atoms with Crippen LogP contribution < -0.4 is 25.9 Å². The Balaban J connectivity index is 0.963. The molecule has 312 valence electrons. The number of benzene rings is 10. The molecule has 4 nitrogen and oxygen atoms in total. The van der Waals surface area contributed by atoms with Crippen LogP contribution in [0.1, 0.15) is 5.56 Å². The van der Waals surface area contributed by atoms with Crippen molar-refractivity contribution in [1.29, 1.82) is 0 Å². The van der Waals surface area contributed by atoms with Gasteiger partial charge in [-0.2, -0.15) is 0 Å². The molecule has 67 heavy (non-hydrogen) atoms. The van der Waals surface area contributed by atoms with Gasteiger partial charge in [-0.25, -0.2) is 0 Å². The third-order valence-electron chi connectivity index (χ3n) is 14.3. The third kappa shape index (κ3) is 5.30. The number of thiophene rings is 1. The number of hydrogen-bond acceptors (Lipinski definition) is 3. The molecule has 5 heterocycles. The lowest BCUT2D eigenvalue weighted by atomic mass is 9.35. The summed E-state index contributed by atoms with van der Waals surface area (Å²) >= 11 is 1.90. The van der Waals surface area contributed by atoms with E-state index >= 15 is 0 Å². The fourth-order valence-corrected chi connectivity index (χ4v) is 12.8. The first-order valence-electron chi connectivity index (χ1n) is 22.9. The zero-order valence-electron chi connectivity index (χ0n) is 36.3. The van der Waals surface area contributed by atoms with Gasteiger partial charge >= 0.3 is 0 Å². The van der Waals surface area contributed by atoms with Crippen LogP contribution in [0.5, 0.6) is 23.0 Å². The first-order chi connectivity index (χ1) is 33.1. The molecule has 0 spiro atoms. The highest BCUT2D eigenvalue weighted by Gasteiger charge is 2.41. The number of rotatable bonds is 4.